The first-order valence-corrected chi connectivity index (χ1v) is 6.02. The number of aromatic nitrogens is 2. The predicted octanol–water partition coefficient (Wildman–Crippen LogP) is 2.54. The van der Waals surface area contributed by atoms with Gasteiger partial charge in [-0.1, -0.05) is 6.92 Å². The van der Waals surface area contributed by atoms with Crippen molar-refractivity contribution in [1.29, 1.82) is 0 Å². The summed E-state index contributed by atoms with van der Waals surface area (Å²) in [4.78, 5) is 11.4. The molecule has 0 N–H and O–H groups in total. The number of carbonyl (C=O) groups is 1. The van der Waals surface area contributed by atoms with Gasteiger partial charge in [0.05, 0.1) is 12.1 Å². The van der Waals surface area contributed by atoms with Crippen LogP contribution in [-0.2, 0) is 16.0 Å². The van der Waals surface area contributed by atoms with E-state index in [9.17, 15) is 18.0 Å². The molecule has 0 saturated heterocycles. The molecule has 19 heavy (non-hydrogen) atoms. The van der Waals surface area contributed by atoms with Crippen molar-refractivity contribution in [3.8, 4) is 0 Å². The van der Waals surface area contributed by atoms with Gasteiger partial charge in [-0.2, -0.15) is 18.3 Å². The molecule has 1 aromatic heterocycles. The van der Waals surface area contributed by atoms with Crippen LogP contribution in [0.25, 0.3) is 0 Å². The number of ether oxygens (including phenoxy) is 1. The second-order valence-electron chi connectivity index (χ2n) is 4.37. The molecule has 0 aliphatic rings. The van der Waals surface area contributed by atoms with Crippen molar-refractivity contribution < 1.29 is 22.7 Å². The Kier molecular flexibility index (Phi) is 5.53. The van der Waals surface area contributed by atoms with Gasteiger partial charge in [0.1, 0.15) is 13.2 Å². The van der Waals surface area contributed by atoms with Gasteiger partial charge in [-0.15, -0.1) is 0 Å². The molecule has 0 aliphatic carbocycles. The molecule has 4 nitrogen and oxygen atoms in total. The van der Waals surface area contributed by atoms with Crippen LogP contribution in [0.3, 0.4) is 0 Å². The summed E-state index contributed by atoms with van der Waals surface area (Å²) in [5.74, 6) is -0.418. The SMILES string of the molecule is CCC(C)n1ccc(CC(=O)COCC(F)(F)F)n1. The van der Waals surface area contributed by atoms with Gasteiger partial charge in [0.15, 0.2) is 5.78 Å². The van der Waals surface area contributed by atoms with Crippen LogP contribution in [0.4, 0.5) is 13.2 Å². The summed E-state index contributed by atoms with van der Waals surface area (Å²) in [6.07, 6.45) is -1.75. The Morgan fingerprint density at radius 3 is 2.79 bits per heavy atom. The zero-order valence-corrected chi connectivity index (χ0v) is 10.9. The fourth-order valence-electron chi connectivity index (χ4n) is 1.44. The highest BCUT2D eigenvalue weighted by atomic mass is 19.4. The standard InChI is InChI=1S/C12H17F3N2O2/c1-3-9(2)17-5-4-10(16-17)6-11(18)7-19-8-12(13,14)15/h4-5,9H,3,6-8H2,1-2H3. The zero-order chi connectivity index (χ0) is 14.5. The molecule has 0 amide bonds. The molecule has 0 spiro atoms. The molecule has 7 heteroatoms. The molecule has 0 fully saturated rings. The minimum Gasteiger partial charge on any atom is -0.364 e. The van der Waals surface area contributed by atoms with Crippen molar-refractivity contribution in [2.24, 2.45) is 0 Å². The smallest absolute Gasteiger partial charge is 0.364 e. The van der Waals surface area contributed by atoms with Crippen molar-refractivity contribution >= 4 is 5.78 Å². The number of carbonyl (C=O) groups excluding carboxylic acids is 1. The second kappa shape index (κ2) is 6.70. The lowest BCUT2D eigenvalue weighted by Gasteiger charge is -2.08. The maximum atomic E-state index is 11.8. The molecule has 1 atom stereocenters. The van der Waals surface area contributed by atoms with Crippen LogP contribution < -0.4 is 0 Å². The van der Waals surface area contributed by atoms with E-state index in [1.807, 2.05) is 13.8 Å². The number of alkyl halides is 3. The highest BCUT2D eigenvalue weighted by Gasteiger charge is 2.27. The Hall–Kier alpha value is -1.37. The van der Waals surface area contributed by atoms with Crippen LogP contribution in [-0.4, -0.2) is 35.0 Å². The fraction of sp³-hybridized carbons (Fsp3) is 0.667. The second-order valence-corrected chi connectivity index (χ2v) is 4.37. The predicted molar refractivity (Wildman–Crippen MR) is 62.8 cm³/mol. The third kappa shape index (κ3) is 5.87. The highest BCUT2D eigenvalue weighted by Crippen LogP contribution is 2.14. The lowest BCUT2D eigenvalue weighted by molar-refractivity contribution is -0.175. The van der Waals surface area contributed by atoms with Gasteiger partial charge in [0, 0.05) is 12.2 Å². The maximum Gasteiger partial charge on any atom is 0.411 e. The van der Waals surface area contributed by atoms with E-state index in [-0.39, 0.29) is 12.5 Å². The van der Waals surface area contributed by atoms with Crippen LogP contribution >= 0.6 is 0 Å². The molecular weight excluding hydrogens is 261 g/mol. The number of hydrogen-bond donors (Lipinski definition) is 0. The fourth-order valence-corrected chi connectivity index (χ4v) is 1.44. The molecule has 1 unspecified atom stereocenters. The molecule has 0 aliphatic heterocycles. The normalized spacial score (nSPS) is 13.5. The van der Waals surface area contributed by atoms with E-state index in [2.05, 4.69) is 9.84 Å². The van der Waals surface area contributed by atoms with Crippen LogP contribution in [0.1, 0.15) is 32.0 Å². The molecule has 1 aromatic rings. The quantitative estimate of drug-likeness (QED) is 0.770. The Morgan fingerprint density at radius 2 is 2.21 bits per heavy atom. The first-order valence-electron chi connectivity index (χ1n) is 6.02. The third-order valence-electron chi connectivity index (χ3n) is 2.61. The summed E-state index contributed by atoms with van der Waals surface area (Å²) in [7, 11) is 0. The molecule has 108 valence electrons. The molecule has 1 rings (SSSR count). The Bertz CT molecular complexity index is 415. The molecule has 0 aromatic carbocycles. The van der Waals surface area contributed by atoms with E-state index in [0.29, 0.717) is 5.69 Å². The minimum atomic E-state index is -4.40. The Labute approximate surface area is 109 Å². The van der Waals surface area contributed by atoms with Gasteiger partial charge in [-0.05, 0) is 19.4 Å². The van der Waals surface area contributed by atoms with Gasteiger partial charge < -0.3 is 4.74 Å². The van der Waals surface area contributed by atoms with E-state index in [0.717, 1.165) is 6.42 Å². The van der Waals surface area contributed by atoms with Gasteiger partial charge in [-0.3, -0.25) is 9.48 Å². The minimum absolute atomic E-state index is 0.0126. The van der Waals surface area contributed by atoms with Crippen LogP contribution in [0.2, 0.25) is 0 Å². The lowest BCUT2D eigenvalue weighted by Crippen LogP contribution is -2.21. The van der Waals surface area contributed by atoms with E-state index < -0.39 is 25.2 Å². The van der Waals surface area contributed by atoms with Crippen molar-refractivity contribution in [2.75, 3.05) is 13.2 Å². The summed E-state index contributed by atoms with van der Waals surface area (Å²) in [5.41, 5.74) is 0.543. The number of rotatable bonds is 7. The summed E-state index contributed by atoms with van der Waals surface area (Å²) in [5, 5.41) is 4.20. The number of halogens is 3. The number of ketones is 1. The molecule has 0 radical (unpaired) electrons. The maximum absolute atomic E-state index is 11.8. The Balaban J connectivity index is 2.38. The van der Waals surface area contributed by atoms with Crippen LogP contribution in [0.15, 0.2) is 12.3 Å². The number of Topliss-reactive ketones (excluding diaryl/α,β-unsaturated/α-hetero) is 1. The average molecular weight is 278 g/mol. The van der Waals surface area contributed by atoms with Gasteiger partial charge in [0.25, 0.3) is 0 Å². The zero-order valence-electron chi connectivity index (χ0n) is 10.9. The Morgan fingerprint density at radius 1 is 1.53 bits per heavy atom. The lowest BCUT2D eigenvalue weighted by atomic mass is 10.2. The number of hydrogen-bond acceptors (Lipinski definition) is 3. The molecule has 1 heterocycles. The van der Waals surface area contributed by atoms with Crippen molar-refractivity contribution in [1.82, 2.24) is 9.78 Å². The topological polar surface area (TPSA) is 44.1 Å². The van der Waals surface area contributed by atoms with E-state index in [4.69, 9.17) is 0 Å². The largest absolute Gasteiger partial charge is 0.411 e. The molecular formula is C12H17F3N2O2. The summed E-state index contributed by atoms with van der Waals surface area (Å²) in [6, 6.07) is 1.92. The van der Waals surface area contributed by atoms with Crippen molar-refractivity contribution in [2.45, 2.75) is 38.9 Å². The highest BCUT2D eigenvalue weighted by molar-refractivity contribution is 5.81. The first kappa shape index (κ1) is 15.7. The van der Waals surface area contributed by atoms with Crippen molar-refractivity contribution in [3.05, 3.63) is 18.0 Å². The monoisotopic (exact) mass is 278 g/mol. The summed E-state index contributed by atoms with van der Waals surface area (Å²) < 4.78 is 41.5. The van der Waals surface area contributed by atoms with Crippen molar-refractivity contribution in [3.63, 3.8) is 0 Å². The van der Waals surface area contributed by atoms with E-state index in [1.165, 1.54) is 0 Å². The number of nitrogens with zero attached hydrogens (tertiary/aromatic N) is 2. The molecule has 0 bridgehead atoms. The molecule has 0 saturated carbocycles. The van der Waals surface area contributed by atoms with Gasteiger partial charge >= 0.3 is 6.18 Å². The van der Waals surface area contributed by atoms with E-state index in [1.54, 1.807) is 16.9 Å². The summed E-state index contributed by atoms with van der Waals surface area (Å²) >= 11 is 0. The third-order valence-corrected chi connectivity index (χ3v) is 2.61. The van der Waals surface area contributed by atoms with Crippen LogP contribution in [0.5, 0.6) is 0 Å². The first-order chi connectivity index (χ1) is 8.81. The summed E-state index contributed by atoms with van der Waals surface area (Å²) in [6.45, 7) is 2.06. The van der Waals surface area contributed by atoms with E-state index >= 15 is 0 Å². The van der Waals surface area contributed by atoms with Gasteiger partial charge in [0.2, 0.25) is 0 Å². The van der Waals surface area contributed by atoms with Crippen LogP contribution in [0, 0.1) is 0 Å². The average Bonchev–Trinajstić information content (AvgIpc) is 2.74. The van der Waals surface area contributed by atoms with Gasteiger partial charge in [-0.25, -0.2) is 0 Å².